The molecule has 0 amide bonds. The fraction of sp³-hybridized carbons (Fsp3) is 0.471. The van der Waals surface area contributed by atoms with Gasteiger partial charge in [0.2, 0.25) is 10.0 Å². The molecule has 1 aromatic heterocycles. The lowest BCUT2D eigenvalue weighted by Crippen LogP contribution is -2.35. The van der Waals surface area contributed by atoms with Crippen LogP contribution in [-0.4, -0.2) is 47.1 Å². The molecule has 0 unspecified atom stereocenters. The molecule has 1 N–H and O–H groups in total. The third-order valence-electron chi connectivity index (χ3n) is 4.61. The normalized spacial score (nSPS) is 15.6. The van der Waals surface area contributed by atoms with Gasteiger partial charge in [0.1, 0.15) is 5.69 Å². The third-order valence-corrected chi connectivity index (χ3v) is 6.50. The lowest BCUT2D eigenvalue weighted by molar-refractivity contribution is -0.384. The number of benzene rings is 1. The molecule has 1 aromatic carbocycles. The molecule has 2 heterocycles. The maximum absolute atomic E-state index is 12.7. The number of rotatable bonds is 7. The number of nitrogens with one attached hydrogen (secondary N) is 1. The Hall–Kier alpha value is -2.46. The zero-order chi connectivity index (χ0) is 19.4. The van der Waals surface area contributed by atoms with Crippen molar-refractivity contribution in [3.8, 4) is 0 Å². The molecule has 3 rings (SSSR count). The quantitative estimate of drug-likeness (QED) is 0.570. The van der Waals surface area contributed by atoms with Gasteiger partial charge < -0.3 is 5.32 Å². The van der Waals surface area contributed by atoms with E-state index in [4.69, 9.17) is 0 Å². The van der Waals surface area contributed by atoms with E-state index in [-0.39, 0.29) is 10.6 Å². The van der Waals surface area contributed by atoms with E-state index in [2.05, 4.69) is 10.4 Å². The fourth-order valence-electron chi connectivity index (χ4n) is 3.17. The van der Waals surface area contributed by atoms with Crippen LogP contribution in [-0.2, 0) is 23.5 Å². The number of sulfonamides is 1. The minimum atomic E-state index is -3.71. The molecule has 1 saturated heterocycles. The van der Waals surface area contributed by atoms with Crippen LogP contribution in [0.25, 0.3) is 0 Å². The first-order chi connectivity index (χ1) is 12.9. The molecule has 0 atom stereocenters. The van der Waals surface area contributed by atoms with Crippen molar-refractivity contribution in [3.05, 3.63) is 46.3 Å². The first kappa shape index (κ1) is 19.3. The van der Waals surface area contributed by atoms with E-state index in [1.54, 1.807) is 10.9 Å². The summed E-state index contributed by atoms with van der Waals surface area (Å²) in [6.07, 6.45) is 6.91. The van der Waals surface area contributed by atoms with Gasteiger partial charge in [0, 0.05) is 38.9 Å². The average Bonchev–Trinajstić information content (AvgIpc) is 3.07. The second-order valence-electron chi connectivity index (χ2n) is 6.60. The Bertz CT molecular complexity index is 919. The van der Waals surface area contributed by atoms with Crippen LogP contribution in [0.2, 0.25) is 0 Å². The molecule has 1 aliphatic rings. The van der Waals surface area contributed by atoms with Crippen LogP contribution < -0.4 is 5.32 Å². The van der Waals surface area contributed by atoms with Crippen LogP contribution in [0, 0.1) is 10.1 Å². The Labute approximate surface area is 158 Å². The molecule has 2 aromatic rings. The molecule has 146 valence electrons. The highest BCUT2D eigenvalue weighted by atomic mass is 32.2. The summed E-state index contributed by atoms with van der Waals surface area (Å²) in [5.74, 6) is 0. The van der Waals surface area contributed by atoms with Crippen molar-refractivity contribution in [3.63, 3.8) is 0 Å². The minimum absolute atomic E-state index is 0.0334. The summed E-state index contributed by atoms with van der Waals surface area (Å²) in [5.41, 5.74) is 1.08. The minimum Gasteiger partial charge on any atom is -0.379 e. The van der Waals surface area contributed by atoms with E-state index < -0.39 is 14.9 Å². The first-order valence-corrected chi connectivity index (χ1v) is 10.3. The molecule has 27 heavy (non-hydrogen) atoms. The summed E-state index contributed by atoms with van der Waals surface area (Å²) < 4.78 is 28.6. The molecular weight excluding hydrogens is 370 g/mol. The number of nitrogens with zero attached hydrogens (tertiary/aromatic N) is 4. The number of anilines is 1. The molecule has 0 saturated carbocycles. The molecule has 0 aliphatic carbocycles. The zero-order valence-electron chi connectivity index (χ0n) is 15.2. The average molecular weight is 393 g/mol. The lowest BCUT2D eigenvalue weighted by Gasteiger charge is -2.25. The molecule has 9 nitrogen and oxygen atoms in total. The molecule has 1 aliphatic heterocycles. The van der Waals surface area contributed by atoms with Gasteiger partial charge in [-0.25, -0.2) is 8.42 Å². The van der Waals surface area contributed by atoms with Crippen LogP contribution in [0.4, 0.5) is 11.4 Å². The van der Waals surface area contributed by atoms with Crippen molar-refractivity contribution in [1.29, 1.82) is 0 Å². The Balaban J connectivity index is 1.76. The van der Waals surface area contributed by atoms with Crippen LogP contribution in [0.15, 0.2) is 35.5 Å². The standard InChI is InChI=1S/C17H23N5O4S/c1-20-13-14(12-19-20)7-8-18-16-6-5-15(11-17(16)22(23)24)27(25,26)21-9-3-2-4-10-21/h5-6,11-13,18H,2-4,7-10H2,1H3. The van der Waals surface area contributed by atoms with Crippen molar-refractivity contribution < 1.29 is 13.3 Å². The summed E-state index contributed by atoms with van der Waals surface area (Å²) in [6, 6.07) is 4.05. The summed E-state index contributed by atoms with van der Waals surface area (Å²) >= 11 is 0. The van der Waals surface area contributed by atoms with Crippen LogP contribution >= 0.6 is 0 Å². The molecule has 10 heteroatoms. The van der Waals surface area contributed by atoms with E-state index in [0.29, 0.717) is 31.7 Å². The maximum atomic E-state index is 12.7. The molecular formula is C17H23N5O4S. The van der Waals surface area contributed by atoms with Gasteiger partial charge in [-0.3, -0.25) is 14.8 Å². The number of aryl methyl sites for hydroxylation is 1. The monoisotopic (exact) mass is 393 g/mol. The Morgan fingerprint density at radius 2 is 2.00 bits per heavy atom. The largest absolute Gasteiger partial charge is 0.379 e. The van der Waals surface area contributed by atoms with Crippen molar-refractivity contribution in [1.82, 2.24) is 14.1 Å². The third kappa shape index (κ3) is 4.45. The highest BCUT2D eigenvalue weighted by Crippen LogP contribution is 2.30. The predicted molar refractivity (Wildman–Crippen MR) is 101 cm³/mol. The highest BCUT2D eigenvalue weighted by Gasteiger charge is 2.28. The Morgan fingerprint density at radius 3 is 2.63 bits per heavy atom. The van der Waals surface area contributed by atoms with Gasteiger partial charge >= 0.3 is 0 Å². The number of hydrogen-bond acceptors (Lipinski definition) is 6. The fourth-order valence-corrected chi connectivity index (χ4v) is 4.71. The molecule has 0 spiro atoms. The van der Waals surface area contributed by atoms with Crippen molar-refractivity contribution >= 4 is 21.4 Å². The van der Waals surface area contributed by atoms with Crippen LogP contribution in [0.5, 0.6) is 0 Å². The van der Waals surface area contributed by atoms with Gasteiger partial charge in [-0.05, 0) is 37.0 Å². The van der Waals surface area contributed by atoms with E-state index in [9.17, 15) is 18.5 Å². The summed E-state index contributed by atoms with van der Waals surface area (Å²) in [6.45, 7) is 1.40. The number of piperidine rings is 1. The van der Waals surface area contributed by atoms with E-state index >= 15 is 0 Å². The van der Waals surface area contributed by atoms with Gasteiger partial charge in [-0.1, -0.05) is 6.42 Å². The van der Waals surface area contributed by atoms with Gasteiger partial charge in [0.25, 0.3) is 5.69 Å². The second-order valence-corrected chi connectivity index (χ2v) is 8.54. The van der Waals surface area contributed by atoms with Crippen molar-refractivity contribution in [2.45, 2.75) is 30.6 Å². The van der Waals surface area contributed by atoms with Crippen LogP contribution in [0.3, 0.4) is 0 Å². The van der Waals surface area contributed by atoms with E-state index in [1.807, 2.05) is 13.2 Å². The molecule has 0 radical (unpaired) electrons. The van der Waals surface area contributed by atoms with Crippen molar-refractivity contribution in [2.75, 3.05) is 25.0 Å². The first-order valence-electron chi connectivity index (χ1n) is 8.88. The number of aromatic nitrogens is 2. The lowest BCUT2D eigenvalue weighted by atomic mass is 10.2. The number of nitro groups is 1. The van der Waals surface area contributed by atoms with Gasteiger partial charge in [-0.2, -0.15) is 9.40 Å². The smallest absolute Gasteiger partial charge is 0.293 e. The van der Waals surface area contributed by atoms with Gasteiger partial charge in [0.15, 0.2) is 0 Å². The SMILES string of the molecule is Cn1cc(CCNc2ccc(S(=O)(=O)N3CCCCC3)cc2[N+](=O)[O-])cn1. The predicted octanol–water partition coefficient (Wildman–Crippen LogP) is 2.16. The zero-order valence-corrected chi connectivity index (χ0v) is 16.0. The molecule has 1 fully saturated rings. The maximum Gasteiger partial charge on any atom is 0.293 e. The number of nitro benzene ring substituents is 1. The topological polar surface area (TPSA) is 110 Å². The van der Waals surface area contributed by atoms with Crippen molar-refractivity contribution in [2.24, 2.45) is 7.05 Å². The second kappa shape index (κ2) is 8.05. The molecule has 0 bridgehead atoms. The summed E-state index contributed by atoms with van der Waals surface area (Å²) in [7, 11) is -1.88. The Morgan fingerprint density at radius 1 is 1.26 bits per heavy atom. The van der Waals surface area contributed by atoms with Gasteiger partial charge in [0.05, 0.1) is 16.0 Å². The summed E-state index contributed by atoms with van der Waals surface area (Å²) in [5, 5.41) is 18.6. The highest BCUT2D eigenvalue weighted by molar-refractivity contribution is 7.89. The van der Waals surface area contributed by atoms with Gasteiger partial charge in [-0.15, -0.1) is 0 Å². The summed E-state index contributed by atoms with van der Waals surface area (Å²) in [4.78, 5) is 10.9. The van der Waals surface area contributed by atoms with Crippen LogP contribution in [0.1, 0.15) is 24.8 Å². The number of hydrogen-bond donors (Lipinski definition) is 1. The Kier molecular flexibility index (Phi) is 5.76. The van der Waals surface area contributed by atoms with E-state index in [0.717, 1.165) is 30.9 Å². The van der Waals surface area contributed by atoms with E-state index in [1.165, 1.54) is 16.4 Å².